The molecule has 0 radical (unpaired) electrons. The first-order chi connectivity index (χ1) is 17.4. The van der Waals surface area contributed by atoms with Crippen LogP contribution < -0.4 is 34.3 Å². The number of nitrogens with one attached hydrogen (secondary N) is 2. The van der Waals surface area contributed by atoms with Gasteiger partial charge in [-0.15, -0.1) is 0 Å². The SMILES string of the molecule is CCOc1cc(NC(=O)c2cc(OC)c(OC)c(OC)c2)c(OCC)cc1NC(=O)c1ccccc1. The minimum Gasteiger partial charge on any atom is -0.493 e. The van der Waals surface area contributed by atoms with Crippen molar-refractivity contribution in [2.75, 3.05) is 45.2 Å². The first-order valence-corrected chi connectivity index (χ1v) is 11.4. The zero-order chi connectivity index (χ0) is 26.1. The third-order valence-corrected chi connectivity index (χ3v) is 5.14. The summed E-state index contributed by atoms with van der Waals surface area (Å²) < 4.78 is 27.6. The van der Waals surface area contributed by atoms with Crippen molar-refractivity contribution < 1.29 is 33.3 Å². The highest BCUT2D eigenvalue weighted by atomic mass is 16.5. The number of benzene rings is 3. The van der Waals surface area contributed by atoms with Crippen LogP contribution in [-0.4, -0.2) is 46.4 Å². The highest BCUT2D eigenvalue weighted by Gasteiger charge is 2.20. The lowest BCUT2D eigenvalue weighted by Crippen LogP contribution is -2.16. The van der Waals surface area contributed by atoms with Crippen molar-refractivity contribution in [3.63, 3.8) is 0 Å². The van der Waals surface area contributed by atoms with E-state index in [1.165, 1.54) is 21.3 Å². The molecule has 3 aromatic rings. The Morgan fingerprint density at radius 2 is 1.11 bits per heavy atom. The van der Waals surface area contributed by atoms with E-state index in [4.69, 9.17) is 23.7 Å². The molecule has 0 atom stereocenters. The number of ether oxygens (including phenoxy) is 5. The van der Waals surface area contributed by atoms with Gasteiger partial charge < -0.3 is 34.3 Å². The van der Waals surface area contributed by atoms with E-state index >= 15 is 0 Å². The molecule has 190 valence electrons. The smallest absolute Gasteiger partial charge is 0.256 e. The van der Waals surface area contributed by atoms with Gasteiger partial charge in [0.1, 0.15) is 11.5 Å². The first kappa shape index (κ1) is 26.2. The lowest BCUT2D eigenvalue weighted by Gasteiger charge is -2.18. The summed E-state index contributed by atoms with van der Waals surface area (Å²) in [6.45, 7) is 4.34. The summed E-state index contributed by atoms with van der Waals surface area (Å²) in [4.78, 5) is 25.9. The second-order valence-corrected chi connectivity index (χ2v) is 7.40. The number of hydrogen-bond acceptors (Lipinski definition) is 7. The largest absolute Gasteiger partial charge is 0.493 e. The second kappa shape index (κ2) is 12.3. The van der Waals surface area contributed by atoms with Gasteiger partial charge in [0.05, 0.1) is 45.9 Å². The minimum atomic E-state index is -0.432. The molecule has 0 heterocycles. The molecule has 0 unspecified atom stereocenters. The summed E-state index contributed by atoms with van der Waals surface area (Å²) in [5.41, 5.74) is 1.57. The monoisotopic (exact) mass is 494 g/mol. The van der Waals surface area contributed by atoms with Crippen LogP contribution in [0.3, 0.4) is 0 Å². The number of anilines is 2. The molecule has 3 aromatic carbocycles. The Kier molecular flexibility index (Phi) is 8.99. The predicted molar refractivity (Wildman–Crippen MR) is 137 cm³/mol. The van der Waals surface area contributed by atoms with E-state index in [-0.39, 0.29) is 11.5 Å². The van der Waals surface area contributed by atoms with Crippen molar-refractivity contribution in [1.82, 2.24) is 0 Å². The maximum absolute atomic E-state index is 13.2. The van der Waals surface area contributed by atoms with Gasteiger partial charge in [-0.3, -0.25) is 9.59 Å². The van der Waals surface area contributed by atoms with Gasteiger partial charge in [0, 0.05) is 23.3 Å². The molecule has 36 heavy (non-hydrogen) atoms. The highest BCUT2D eigenvalue weighted by molar-refractivity contribution is 6.08. The molecule has 3 rings (SSSR count). The summed E-state index contributed by atoms with van der Waals surface area (Å²) in [5, 5.41) is 5.72. The van der Waals surface area contributed by atoms with Crippen molar-refractivity contribution in [3.8, 4) is 28.7 Å². The standard InChI is InChI=1S/C27H30N2O7/c1-6-35-21-16-20(29-27(31)18-13-23(32-3)25(34-5)24(14-18)33-4)22(36-7-2)15-19(21)28-26(30)17-11-9-8-10-12-17/h8-16H,6-7H2,1-5H3,(H,28,30)(H,29,31). The van der Waals surface area contributed by atoms with Gasteiger partial charge in [-0.25, -0.2) is 0 Å². The number of methoxy groups -OCH3 is 3. The van der Waals surface area contributed by atoms with Crippen molar-refractivity contribution in [2.24, 2.45) is 0 Å². The number of carbonyl (C=O) groups excluding carboxylic acids is 2. The van der Waals surface area contributed by atoms with Gasteiger partial charge >= 0.3 is 0 Å². The summed E-state index contributed by atoms with van der Waals surface area (Å²) >= 11 is 0. The van der Waals surface area contributed by atoms with Crippen molar-refractivity contribution >= 4 is 23.2 Å². The second-order valence-electron chi connectivity index (χ2n) is 7.40. The van der Waals surface area contributed by atoms with Gasteiger partial charge in [0.15, 0.2) is 11.5 Å². The van der Waals surface area contributed by atoms with E-state index in [2.05, 4.69) is 10.6 Å². The quantitative estimate of drug-likeness (QED) is 0.386. The number of carbonyl (C=O) groups is 2. The molecule has 0 bridgehead atoms. The number of rotatable bonds is 11. The number of amides is 2. The summed E-state index contributed by atoms with van der Waals surface area (Å²) in [5.74, 6) is 1.09. The Balaban J connectivity index is 1.97. The topological polar surface area (TPSA) is 104 Å². The van der Waals surface area contributed by atoms with Gasteiger partial charge in [-0.2, -0.15) is 0 Å². The van der Waals surface area contributed by atoms with Crippen LogP contribution in [-0.2, 0) is 0 Å². The van der Waals surface area contributed by atoms with Gasteiger partial charge in [-0.1, -0.05) is 18.2 Å². The Bertz CT molecular complexity index is 1190. The summed E-state index contributed by atoms with van der Waals surface area (Å²) in [6, 6.07) is 15.2. The molecule has 0 spiro atoms. The average Bonchev–Trinajstić information content (AvgIpc) is 2.90. The average molecular weight is 495 g/mol. The Morgan fingerprint density at radius 3 is 1.53 bits per heavy atom. The van der Waals surface area contributed by atoms with Crippen LogP contribution in [0.15, 0.2) is 54.6 Å². The molecular weight excluding hydrogens is 464 g/mol. The molecule has 2 N–H and O–H groups in total. The van der Waals surface area contributed by atoms with E-state index in [1.807, 2.05) is 19.9 Å². The lowest BCUT2D eigenvalue weighted by atomic mass is 10.1. The summed E-state index contributed by atoms with van der Waals surface area (Å²) in [7, 11) is 4.44. The Morgan fingerprint density at radius 1 is 0.639 bits per heavy atom. The highest BCUT2D eigenvalue weighted by Crippen LogP contribution is 2.40. The van der Waals surface area contributed by atoms with Gasteiger partial charge in [0.25, 0.3) is 11.8 Å². The van der Waals surface area contributed by atoms with E-state index < -0.39 is 5.91 Å². The fraction of sp³-hybridized carbons (Fsp3) is 0.259. The molecule has 0 saturated carbocycles. The fourth-order valence-corrected chi connectivity index (χ4v) is 3.50. The van der Waals surface area contributed by atoms with Crippen molar-refractivity contribution in [1.29, 1.82) is 0 Å². The van der Waals surface area contributed by atoms with E-state index in [9.17, 15) is 9.59 Å². The zero-order valence-corrected chi connectivity index (χ0v) is 21.0. The third kappa shape index (κ3) is 5.99. The minimum absolute atomic E-state index is 0.284. The van der Waals surface area contributed by atoms with Gasteiger partial charge in [0.2, 0.25) is 5.75 Å². The molecule has 0 saturated heterocycles. The molecule has 9 nitrogen and oxygen atoms in total. The molecule has 0 aromatic heterocycles. The Labute approximate surface area is 210 Å². The van der Waals surface area contributed by atoms with Crippen LogP contribution >= 0.6 is 0 Å². The Hall–Kier alpha value is -4.40. The van der Waals surface area contributed by atoms with E-state index in [0.29, 0.717) is 58.9 Å². The van der Waals surface area contributed by atoms with Gasteiger partial charge in [-0.05, 0) is 38.1 Å². The first-order valence-electron chi connectivity index (χ1n) is 11.4. The van der Waals surface area contributed by atoms with Crippen molar-refractivity contribution in [2.45, 2.75) is 13.8 Å². The van der Waals surface area contributed by atoms with E-state index in [0.717, 1.165) is 0 Å². The maximum Gasteiger partial charge on any atom is 0.256 e. The molecule has 2 amide bonds. The third-order valence-electron chi connectivity index (χ3n) is 5.14. The molecule has 0 fully saturated rings. The normalized spacial score (nSPS) is 10.2. The molecule has 9 heteroatoms. The van der Waals surface area contributed by atoms with Crippen LogP contribution in [0, 0.1) is 0 Å². The van der Waals surface area contributed by atoms with E-state index in [1.54, 1.807) is 48.5 Å². The van der Waals surface area contributed by atoms with Crippen LogP contribution in [0.25, 0.3) is 0 Å². The fourth-order valence-electron chi connectivity index (χ4n) is 3.50. The van der Waals surface area contributed by atoms with Crippen molar-refractivity contribution in [3.05, 3.63) is 65.7 Å². The van der Waals surface area contributed by atoms with Crippen LogP contribution in [0.5, 0.6) is 28.7 Å². The van der Waals surface area contributed by atoms with Crippen LogP contribution in [0.1, 0.15) is 34.6 Å². The molecular formula is C27H30N2O7. The molecule has 0 aliphatic carbocycles. The zero-order valence-electron chi connectivity index (χ0n) is 21.0. The molecule has 0 aliphatic rings. The number of hydrogen-bond donors (Lipinski definition) is 2. The lowest BCUT2D eigenvalue weighted by molar-refractivity contribution is 0.101. The van der Waals surface area contributed by atoms with Crippen LogP contribution in [0.4, 0.5) is 11.4 Å². The summed E-state index contributed by atoms with van der Waals surface area (Å²) in [6.07, 6.45) is 0. The molecule has 0 aliphatic heterocycles. The van der Waals surface area contributed by atoms with Crippen LogP contribution in [0.2, 0.25) is 0 Å². The maximum atomic E-state index is 13.2. The predicted octanol–water partition coefficient (Wildman–Crippen LogP) is 5.01.